The van der Waals surface area contributed by atoms with E-state index in [0.29, 0.717) is 5.56 Å². The molecule has 0 unspecified atom stereocenters. The average molecular weight is 441 g/mol. The van der Waals surface area contributed by atoms with E-state index in [2.05, 4.69) is 15.2 Å². The van der Waals surface area contributed by atoms with Crippen molar-refractivity contribution in [2.45, 2.75) is 45.2 Å². The Labute approximate surface area is 183 Å². The molecule has 0 saturated carbocycles. The summed E-state index contributed by atoms with van der Waals surface area (Å²) in [6.45, 7) is 6.77. The SMILES string of the molecule is CC(C)(C)N1C(=O)C(NC2CCN(c3ccccn3)CC2)=C(c2ccccc2)S1(=O)=O. The van der Waals surface area contributed by atoms with Crippen LogP contribution in [0.2, 0.25) is 0 Å². The zero-order valence-electron chi connectivity index (χ0n) is 18.1. The minimum atomic E-state index is -3.96. The molecule has 0 atom stereocenters. The second kappa shape index (κ2) is 8.00. The van der Waals surface area contributed by atoms with Crippen molar-refractivity contribution in [3.8, 4) is 0 Å². The van der Waals surface area contributed by atoms with Crippen molar-refractivity contribution in [3.63, 3.8) is 0 Å². The fourth-order valence-corrected chi connectivity index (χ4v) is 6.25. The Bertz CT molecular complexity index is 1080. The molecular formula is C23H28N4O3S. The third-order valence-electron chi connectivity index (χ3n) is 5.59. The number of hydrogen-bond acceptors (Lipinski definition) is 6. The van der Waals surface area contributed by atoms with Crippen LogP contribution in [0, 0.1) is 0 Å². The monoisotopic (exact) mass is 440 g/mol. The highest BCUT2D eigenvalue weighted by Crippen LogP contribution is 2.39. The summed E-state index contributed by atoms with van der Waals surface area (Å²) in [5, 5.41) is 3.31. The summed E-state index contributed by atoms with van der Waals surface area (Å²) >= 11 is 0. The third-order valence-corrected chi connectivity index (χ3v) is 7.74. The molecule has 4 rings (SSSR count). The van der Waals surface area contributed by atoms with Crippen molar-refractivity contribution in [2.24, 2.45) is 0 Å². The van der Waals surface area contributed by atoms with Crippen LogP contribution in [0.25, 0.3) is 4.91 Å². The molecule has 1 aromatic carbocycles. The lowest BCUT2D eigenvalue weighted by molar-refractivity contribution is -0.125. The molecule has 7 nitrogen and oxygen atoms in total. The van der Waals surface area contributed by atoms with Crippen LogP contribution in [-0.4, -0.2) is 48.3 Å². The van der Waals surface area contributed by atoms with Gasteiger partial charge in [-0.15, -0.1) is 0 Å². The lowest BCUT2D eigenvalue weighted by Crippen LogP contribution is -2.48. The molecule has 31 heavy (non-hydrogen) atoms. The number of sulfonamides is 1. The molecule has 1 aromatic heterocycles. The molecule has 2 aliphatic heterocycles. The topological polar surface area (TPSA) is 82.6 Å². The number of anilines is 1. The van der Waals surface area contributed by atoms with E-state index in [1.54, 1.807) is 51.2 Å². The number of aromatic nitrogens is 1. The highest BCUT2D eigenvalue weighted by molar-refractivity contribution is 7.99. The number of nitrogens with zero attached hydrogens (tertiary/aromatic N) is 3. The van der Waals surface area contributed by atoms with E-state index in [0.717, 1.165) is 36.1 Å². The smallest absolute Gasteiger partial charge is 0.285 e. The average Bonchev–Trinajstić information content (AvgIpc) is 2.94. The molecule has 164 valence electrons. The molecule has 8 heteroatoms. The highest BCUT2D eigenvalue weighted by Gasteiger charge is 2.49. The lowest BCUT2D eigenvalue weighted by Gasteiger charge is -2.34. The van der Waals surface area contributed by atoms with Gasteiger partial charge < -0.3 is 10.2 Å². The molecule has 1 N–H and O–H groups in total. The van der Waals surface area contributed by atoms with E-state index >= 15 is 0 Å². The first-order valence-electron chi connectivity index (χ1n) is 10.5. The van der Waals surface area contributed by atoms with E-state index in [-0.39, 0.29) is 16.6 Å². The Hall–Kier alpha value is -2.87. The molecule has 0 aliphatic carbocycles. The van der Waals surface area contributed by atoms with Gasteiger partial charge in [0, 0.05) is 25.3 Å². The summed E-state index contributed by atoms with van der Waals surface area (Å²) in [4.78, 5) is 20.0. The predicted octanol–water partition coefficient (Wildman–Crippen LogP) is 2.98. The lowest BCUT2D eigenvalue weighted by atomic mass is 10.0. The maximum Gasteiger partial charge on any atom is 0.285 e. The van der Waals surface area contributed by atoms with Crippen molar-refractivity contribution in [2.75, 3.05) is 18.0 Å². The molecule has 1 amide bonds. The number of piperidine rings is 1. The molecular weight excluding hydrogens is 412 g/mol. The van der Waals surface area contributed by atoms with Crippen molar-refractivity contribution in [3.05, 3.63) is 66.0 Å². The fraction of sp³-hybridized carbons (Fsp3) is 0.391. The van der Waals surface area contributed by atoms with Gasteiger partial charge in [-0.05, 0) is 51.3 Å². The van der Waals surface area contributed by atoms with Crippen molar-refractivity contribution >= 4 is 26.7 Å². The van der Waals surface area contributed by atoms with Crippen LogP contribution in [0.4, 0.5) is 5.82 Å². The molecule has 0 radical (unpaired) electrons. The van der Waals surface area contributed by atoms with Gasteiger partial charge in [-0.25, -0.2) is 17.7 Å². The van der Waals surface area contributed by atoms with Crippen LogP contribution in [0.1, 0.15) is 39.2 Å². The first kappa shape index (κ1) is 21.4. The Morgan fingerprint density at radius 2 is 1.65 bits per heavy atom. The van der Waals surface area contributed by atoms with E-state index in [1.807, 2.05) is 24.3 Å². The molecule has 1 saturated heterocycles. The number of rotatable bonds is 4. The number of hydrogen-bond donors (Lipinski definition) is 1. The van der Waals surface area contributed by atoms with E-state index in [9.17, 15) is 13.2 Å². The largest absolute Gasteiger partial charge is 0.377 e. The molecule has 1 fully saturated rings. The second-order valence-electron chi connectivity index (χ2n) is 8.91. The summed E-state index contributed by atoms with van der Waals surface area (Å²) in [6, 6.07) is 14.7. The molecule has 0 spiro atoms. The van der Waals surface area contributed by atoms with Crippen LogP contribution < -0.4 is 10.2 Å². The van der Waals surface area contributed by atoms with E-state index < -0.39 is 21.5 Å². The van der Waals surface area contributed by atoms with Crippen LogP contribution in [-0.2, 0) is 14.8 Å². The van der Waals surface area contributed by atoms with Gasteiger partial charge in [0.2, 0.25) is 0 Å². The van der Waals surface area contributed by atoms with Gasteiger partial charge in [0.1, 0.15) is 16.4 Å². The highest BCUT2D eigenvalue weighted by atomic mass is 32.2. The van der Waals surface area contributed by atoms with Gasteiger partial charge in [0.15, 0.2) is 0 Å². The Kier molecular flexibility index (Phi) is 5.51. The summed E-state index contributed by atoms with van der Waals surface area (Å²) in [6.07, 6.45) is 3.34. The van der Waals surface area contributed by atoms with Crippen LogP contribution in [0.3, 0.4) is 0 Å². The van der Waals surface area contributed by atoms with Gasteiger partial charge in [0.05, 0.1) is 5.54 Å². The zero-order valence-corrected chi connectivity index (χ0v) is 18.9. The summed E-state index contributed by atoms with van der Waals surface area (Å²) in [5.41, 5.74) is -0.157. The minimum Gasteiger partial charge on any atom is -0.377 e. The number of amides is 1. The quantitative estimate of drug-likeness (QED) is 0.787. The third kappa shape index (κ3) is 4.04. The van der Waals surface area contributed by atoms with Gasteiger partial charge in [-0.1, -0.05) is 36.4 Å². The standard InChI is InChI=1S/C23H28N4O3S/c1-23(2,3)27-22(28)20(21(31(27,29)30)17-9-5-4-6-10-17)25-18-12-15-26(16-13-18)19-11-7-8-14-24-19/h4-11,14,18,25H,12-13,15-16H2,1-3H3. The summed E-state index contributed by atoms with van der Waals surface area (Å²) < 4.78 is 27.9. The Balaban J connectivity index is 1.62. The number of carbonyl (C=O) groups excluding carboxylic acids is 1. The van der Waals surface area contributed by atoms with E-state index in [4.69, 9.17) is 0 Å². The number of benzene rings is 1. The van der Waals surface area contributed by atoms with Crippen LogP contribution in [0.5, 0.6) is 0 Å². The van der Waals surface area contributed by atoms with Crippen molar-refractivity contribution in [1.29, 1.82) is 0 Å². The number of nitrogens with one attached hydrogen (secondary N) is 1. The molecule has 2 aliphatic rings. The normalized spacial score (nSPS) is 19.8. The zero-order chi connectivity index (χ0) is 22.2. The maximum absolute atomic E-state index is 13.4. The van der Waals surface area contributed by atoms with Gasteiger partial charge in [0.25, 0.3) is 15.9 Å². The van der Waals surface area contributed by atoms with E-state index in [1.165, 1.54) is 0 Å². The predicted molar refractivity (Wildman–Crippen MR) is 121 cm³/mol. The van der Waals surface area contributed by atoms with Crippen LogP contribution in [0.15, 0.2) is 60.4 Å². The maximum atomic E-state index is 13.4. The minimum absolute atomic E-state index is 0.00717. The summed E-state index contributed by atoms with van der Waals surface area (Å²) in [7, 11) is -3.96. The molecule has 3 heterocycles. The first-order chi connectivity index (χ1) is 14.7. The van der Waals surface area contributed by atoms with Crippen molar-refractivity contribution in [1.82, 2.24) is 14.6 Å². The van der Waals surface area contributed by atoms with Gasteiger partial charge in [-0.3, -0.25) is 4.79 Å². The summed E-state index contributed by atoms with van der Waals surface area (Å²) in [5.74, 6) is 0.446. The number of pyridine rings is 1. The number of carbonyl (C=O) groups is 1. The fourth-order valence-electron chi connectivity index (χ4n) is 4.20. The van der Waals surface area contributed by atoms with Crippen molar-refractivity contribution < 1.29 is 13.2 Å². The Morgan fingerprint density at radius 3 is 2.23 bits per heavy atom. The van der Waals surface area contributed by atoms with Gasteiger partial charge in [-0.2, -0.15) is 0 Å². The Morgan fingerprint density at radius 1 is 1.00 bits per heavy atom. The first-order valence-corrected chi connectivity index (χ1v) is 12.0. The van der Waals surface area contributed by atoms with Gasteiger partial charge >= 0.3 is 0 Å². The molecule has 2 aromatic rings. The molecule has 0 bridgehead atoms. The second-order valence-corrected chi connectivity index (χ2v) is 10.6. The van der Waals surface area contributed by atoms with Crippen LogP contribution >= 0.6 is 0 Å².